The number of hydrogen-bond acceptors (Lipinski definition) is 3. The number of carbonyl (C=O) groups excluding carboxylic acids is 2. The van der Waals surface area contributed by atoms with Crippen LogP contribution in [-0.2, 0) is 0 Å². The Balaban J connectivity index is 1.59. The smallest absolute Gasteiger partial charge is 0.271 e. The second-order valence-corrected chi connectivity index (χ2v) is 6.20. The van der Waals surface area contributed by atoms with Crippen molar-refractivity contribution in [2.24, 2.45) is 5.10 Å². The summed E-state index contributed by atoms with van der Waals surface area (Å²) >= 11 is 5.80. The van der Waals surface area contributed by atoms with Crippen molar-refractivity contribution in [3.63, 3.8) is 0 Å². The van der Waals surface area contributed by atoms with Crippen LogP contribution in [0.2, 0.25) is 5.02 Å². The molecule has 2 amide bonds. The van der Waals surface area contributed by atoms with Crippen molar-refractivity contribution in [2.45, 2.75) is 0 Å². The number of hydrazone groups is 1. The van der Waals surface area contributed by atoms with E-state index in [-0.39, 0.29) is 11.5 Å². The van der Waals surface area contributed by atoms with Crippen LogP contribution in [0.15, 0.2) is 77.9 Å². The molecule has 0 bridgehead atoms. The molecule has 0 unspecified atom stereocenters. The second-order valence-electron chi connectivity index (χ2n) is 5.76. The van der Waals surface area contributed by atoms with Crippen LogP contribution < -0.4 is 10.7 Å². The molecule has 0 aromatic heterocycles. The van der Waals surface area contributed by atoms with Crippen molar-refractivity contribution in [2.75, 3.05) is 5.32 Å². The largest absolute Gasteiger partial charge is 0.322 e. The van der Waals surface area contributed by atoms with Gasteiger partial charge >= 0.3 is 0 Å². The van der Waals surface area contributed by atoms with Crippen LogP contribution in [0.5, 0.6) is 0 Å². The minimum atomic E-state index is -0.455. The van der Waals surface area contributed by atoms with Gasteiger partial charge < -0.3 is 5.32 Å². The minimum Gasteiger partial charge on any atom is -0.322 e. The molecule has 3 aromatic carbocycles. The van der Waals surface area contributed by atoms with Crippen LogP contribution in [0.4, 0.5) is 10.1 Å². The van der Waals surface area contributed by atoms with E-state index < -0.39 is 11.7 Å². The lowest BCUT2D eigenvalue weighted by atomic mass is 10.1. The van der Waals surface area contributed by atoms with Crippen LogP contribution in [0.25, 0.3) is 0 Å². The number of anilines is 1. The van der Waals surface area contributed by atoms with E-state index in [1.807, 2.05) is 0 Å². The monoisotopic (exact) mass is 395 g/mol. The highest BCUT2D eigenvalue weighted by Gasteiger charge is 2.08. The highest BCUT2D eigenvalue weighted by atomic mass is 35.5. The predicted molar refractivity (Wildman–Crippen MR) is 107 cm³/mol. The maximum Gasteiger partial charge on any atom is 0.271 e. The zero-order valence-corrected chi connectivity index (χ0v) is 15.3. The molecule has 5 nitrogen and oxygen atoms in total. The number of nitrogens with zero attached hydrogens (tertiary/aromatic N) is 1. The first-order valence-electron chi connectivity index (χ1n) is 8.28. The third-order valence-corrected chi connectivity index (χ3v) is 4.04. The SMILES string of the molecule is O=C(N/N=C\c1ccccc1F)c1ccc(NC(=O)c2ccc(Cl)cc2)cc1. The summed E-state index contributed by atoms with van der Waals surface area (Å²) in [4.78, 5) is 24.3. The lowest BCUT2D eigenvalue weighted by molar-refractivity contribution is 0.0954. The molecule has 0 aliphatic rings. The van der Waals surface area contributed by atoms with Gasteiger partial charge in [-0.1, -0.05) is 29.8 Å². The Morgan fingerprint density at radius 2 is 1.46 bits per heavy atom. The fraction of sp³-hybridized carbons (Fsp3) is 0. The fourth-order valence-electron chi connectivity index (χ4n) is 2.31. The number of benzene rings is 3. The summed E-state index contributed by atoms with van der Waals surface area (Å²) in [6.07, 6.45) is 1.23. The molecule has 0 aliphatic carbocycles. The Morgan fingerprint density at radius 3 is 2.14 bits per heavy atom. The van der Waals surface area contributed by atoms with Gasteiger partial charge in [-0.2, -0.15) is 5.10 Å². The molecule has 0 radical (unpaired) electrons. The molecular weight excluding hydrogens is 381 g/mol. The number of halogens is 2. The van der Waals surface area contributed by atoms with Crippen molar-refractivity contribution in [3.8, 4) is 0 Å². The molecule has 2 N–H and O–H groups in total. The van der Waals surface area contributed by atoms with E-state index >= 15 is 0 Å². The molecule has 7 heteroatoms. The van der Waals surface area contributed by atoms with Gasteiger partial charge in [-0.25, -0.2) is 9.82 Å². The number of carbonyl (C=O) groups is 2. The van der Waals surface area contributed by atoms with E-state index in [1.54, 1.807) is 66.7 Å². The average Bonchev–Trinajstić information content (AvgIpc) is 2.70. The van der Waals surface area contributed by atoms with E-state index in [9.17, 15) is 14.0 Å². The summed E-state index contributed by atoms with van der Waals surface area (Å²) in [7, 11) is 0. The summed E-state index contributed by atoms with van der Waals surface area (Å²) < 4.78 is 13.5. The van der Waals surface area contributed by atoms with E-state index in [4.69, 9.17) is 11.6 Å². The zero-order valence-electron chi connectivity index (χ0n) is 14.5. The van der Waals surface area contributed by atoms with Gasteiger partial charge in [0.2, 0.25) is 0 Å². The first-order valence-corrected chi connectivity index (χ1v) is 8.65. The van der Waals surface area contributed by atoms with Crippen LogP contribution in [0, 0.1) is 5.82 Å². The molecular formula is C21H15ClFN3O2. The molecule has 28 heavy (non-hydrogen) atoms. The molecule has 3 rings (SSSR count). The Bertz CT molecular complexity index is 1020. The molecule has 0 spiro atoms. The van der Waals surface area contributed by atoms with E-state index in [1.165, 1.54) is 12.3 Å². The quantitative estimate of drug-likeness (QED) is 0.493. The molecule has 0 saturated heterocycles. The lowest BCUT2D eigenvalue weighted by Gasteiger charge is -2.06. The average molecular weight is 396 g/mol. The first-order chi connectivity index (χ1) is 13.5. The van der Waals surface area contributed by atoms with Gasteiger partial charge in [0.15, 0.2) is 0 Å². The summed E-state index contributed by atoms with van der Waals surface area (Å²) in [5.74, 6) is -1.17. The molecule has 0 saturated carbocycles. The van der Waals surface area contributed by atoms with Gasteiger partial charge in [0.1, 0.15) is 5.82 Å². The van der Waals surface area contributed by atoms with E-state index in [0.29, 0.717) is 21.8 Å². The normalized spacial score (nSPS) is 10.6. The third kappa shape index (κ3) is 5.02. The maximum absolute atomic E-state index is 13.5. The summed E-state index contributed by atoms with van der Waals surface area (Å²) in [5, 5.41) is 7.03. The zero-order chi connectivity index (χ0) is 19.9. The first kappa shape index (κ1) is 19.3. The second kappa shape index (κ2) is 8.92. The number of amides is 2. The lowest BCUT2D eigenvalue weighted by Crippen LogP contribution is -2.18. The molecule has 0 atom stereocenters. The van der Waals surface area contributed by atoms with Crippen molar-refractivity contribution in [3.05, 3.63) is 100 Å². The third-order valence-electron chi connectivity index (χ3n) is 3.79. The van der Waals surface area contributed by atoms with Crippen molar-refractivity contribution >= 4 is 35.3 Å². The van der Waals surface area contributed by atoms with Crippen LogP contribution in [-0.4, -0.2) is 18.0 Å². The number of hydrogen-bond donors (Lipinski definition) is 2. The number of nitrogens with one attached hydrogen (secondary N) is 2. The Morgan fingerprint density at radius 1 is 0.857 bits per heavy atom. The Hall–Kier alpha value is -3.51. The molecule has 3 aromatic rings. The summed E-state index contributed by atoms with van der Waals surface area (Å²) in [5.41, 5.74) is 3.94. The number of rotatable bonds is 5. The van der Waals surface area contributed by atoms with Gasteiger partial charge in [-0.15, -0.1) is 0 Å². The predicted octanol–water partition coefficient (Wildman–Crippen LogP) is 4.50. The van der Waals surface area contributed by atoms with Gasteiger partial charge in [0, 0.05) is 27.4 Å². The van der Waals surface area contributed by atoms with Gasteiger partial charge in [-0.05, 0) is 54.6 Å². The van der Waals surface area contributed by atoms with Crippen LogP contribution >= 0.6 is 11.6 Å². The van der Waals surface area contributed by atoms with Crippen molar-refractivity contribution in [1.82, 2.24) is 5.43 Å². The Kier molecular flexibility index (Phi) is 6.14. The molecule has 0 heterocycles. The standard InChI is InChI=1S/C21H15ClFN3O2/c22-17-9-5-14(6-10-17)20(27)25-18-11-7-15(8-12-18)21(28)26-24-13-16-3-1-2-4-19(16)23/h1-13H,(H,25,27)(H,26,28)/b24-13-. The fourth-order valence-corrected chi connectivity index (χ4v) is 2.44. The van der Waals surface area contributed by atoms with Gasteiger partial charge in [0.05, 0.1) is 6.21 Å². The van der Waals surface area contributed by atoms with E-state index in [2.05, 4.69) is 15.8 Å². The highest BCUT2D eigenvalue weighted by Crippen LogP contribution is 2.14. The summed E-state index contributed by atoms with van der Waals surface area (Å²) in [6, 6.07) is 18.9. The summed E-state index contributed by atoms with van der Waals surface area (Å²) in [6.45, 7) is 0. The highest BCUT2D eigenvalue weighted by molar-refractivity contribution is 6.30. The Labute approximate surface area is 165 Å². The van der Waals surface area contributed by atoms with Crippen LogP contribution in [0.1, 0.15) is 26.3 Å². The minimum absolute atomic E-state index is 0.267. The van der Waals surface area contributed by atoms with Crippen molar-refractivity contribution in [1.29, 1.82) is 0 Å². The molecule has 0 fully saturated rings. The van der Waals surface area contributed by atoms with Gasteiger partial charge in [0.25, 0.3) is 11.8 Å². The van der Waals surface area contributed by atoms with Crippen molar-refractivity contribution < 1.29 is 14.0 Å². The molecule has 140 valence electrons. The topological polar surface area (TPSA) is 70.6 Å². The van der Waals surface area contributed by atoms with Gasteiger partial charge in [-0.3, -0.25) is 9.59 Å². The van der Waals surface area contributed by atoms with E-state index in [0.717, 1.165) is 0 Å². The molecule has 0 aliphatic heterocycles. The van der Waals surface area contributed by atoms with Crippen LogP contribution in [0.3, 0.4) is 0 Å². The maximum atomic E-state index is 13.5.